The predicted octanol–water partition coefficient (Wildman–Crippen LogP) is 4.16. The lowest BCUT2D eigenvalue weighted by Crippen LogP contribution is -2.15. The van der Waals surface area contributed by atoms with Gasteiger partial charge in [0.05, 0.1) is 11.4 Å². The molecule has 1 aromatic carbocycles. The van der Waals surface area contributed by atoms with Crippen LogP contribution in [0.1, 0.15) is 25.2 Å². The Balaban J connectivity index is 2.02. The number of halogens is 2. The molecule has 1 N–H and O–H groups in total. The first kappa shape index (κ1) is 18.4. The standard InChI is InChI=1S/C17H21F2N3OS/c1-10(2)8-22-12(4)11(3)20-17(22)24-9-16(23)21-15-6-13(18)5-14(19)7-15/h5-7,10H,8-9H2,1-4H3,(H,21,23). The molecule has 1 amide bonds. The van der Waals surface area contributed by atoms with Gasteiger partial charge in [0.1, 0.15) is 11.6 Å². The van der Waals surface area contributed by atoms with Gasteiger partial charge >= 0.3 is 0 Å². The van der Waals surface area contributed by atoms with Crippen molar-refractivity contribution >= 4 is 23.4 Å². The number of carbonyl (C=O) groups is 1. The van der Waals surface area contributed by atoms with Gasteiger partial charge in [0.15, 0.2) is 5.16 Å². The maximum atomic E-state index is 13.1. The SMILES string of the molecule is Cc1nc(SCC(=O)Nc2cc(F)cc(F)c2)n(CC(C)C)c1C. The molecule has 0 aliphatic carbocycles. The molecule has 0 spiro atoms. The Morgan fingerprint density at radius 1 is 1.25 bits per heavy atom. The average Bonchev–Trinajstić information content (AvgIpc) is 2.71. The van der Waals surface area contributed by atoms with Crippen LogP contribution in [0.2, 0.25) is 0 Å². The molecule has 0 saturated carbocycles. The van der Waals surface area contributed by atoms with Gasteiger partial charge in [0.25, 0.3) is 0 Å². The lowest BCUT2D eigenvalue weighted by molar-refractivity contribution is -0.113. The Bertz CT molecular complexity index is 723. The molecule has 2 rings (SSSR count). The summed E-state index contributed by atoms with van der Waals surface area (Å²) in [4.78, 5) is 16.5. The van der Waals surface area contributed by atoms with Crippen LogP contribution in [-0.2, 0) is 11.3 Å². The molecule has 0 radical (unpaired) electrons. The van der Waals surface area contributed by atoms with Crippen LogP contribution in [0.5, 0.6) is 0 Å². The predicted molar refractivity (Wildman–Crippen MR) is 92.3 cm³/mol. The Morgan fingerprint density at radius 2 is 1.88 bits per heavy atom. The Morgan fingerprint density at radius 3 is 2.46 bits per heavy atom. The number of carbonyl (C=O) groups excluding carboxylic acids is 1. The number of aryl methyl sites for hydroxylation is 1. The zero-order chi connectivity index (χ0) is 17.9. The lowest BCUT2D eigenvalue weighted by atomic mass is 10.2. The molecule has 2 aromatic rings. The first-order chi connectivity index (χ1) is 11.3. The third kappa shape index (κ3) is 4.80. The smallest absolute Gasteiger partial charge is 0.234 e. The summed E-state index contributed by atoms with van der Waals surface area (Å²) >= 11 is 1.31. The van der Waals surface area contributed by atoms with E-state index in [1.165, 1.54) is 11.8 Å². The molecule has 0 aliphatic heterocycles. The van der Waals surface area contributed by atoms with Crippen molar-refractivity contribution in [3.63, 3.8) is 0 Å². The summed E-state index contributed by atoms with van der Waals surface area (Å²) < 4.78 is 28.4. The number of nitrogens with one attached hydrogen (secondary N) is 1. The zero-order valence-corrected chi connectivity index (χ0v) is 15.0. The highest BCUT2D eigenvalue weighted by molar-refractivity contribution is 7.99. The van der Waals surface area contributed by atoms with Gasteiger partial charge in [-0.1, -0.05) is 25.6 Å². The topological polar surface area (TPSA) is 46.9 Å². The van der Waals surface area contributed by atoms with Gasteiger partial charge in [-0.15, -0.1) is 0 Å². The number of benzene rings is 1. The van der Waals surface area contributed by atoms with Crippen molar-refractivity contribution in [2.45, 2.75) is 39.4 Å². The summed E-state index contributed by atoms with van der Waals surface area (Å²) in [6, 6.07) is 2.93. The fourth-order valence-corrected chi connectivity index (χ4v) is 3.17. The minimum atomic E-state index is -0.725. The molecular formula is C17H21F2N3OS. The molecular weight excluding hydrogens is 332 g/mol. The number of hydrogen-bond donors (Lipinski definition) is 1. The fourth-order valence-electron chi connectivity index (χ4n) is 2.27. The van der Waals surface area contributed by atoms with Crippen molar-refractivity contribution in [1.29, 1.82) is 0 Å². The minimum absolute atomic E-state index is 0.107. The van der Waals surface area contributed by atoms with Gasteiger partial charge in [-0.2, -0.15) is 0 Å². The fraction of sp³-hybridized carbons (Fsp3) is 0.412. The Kier molecular flexibility index (Phi) is 5.99. The number of aromatic nitrogens is 2. The maximum Gasteiger partial charge on any atom is 0.234 e. The first-order valence-corrected chi connectivity index (χ1v) is 8.67. The third-order valence-corrected chi connectivity index (χ3v) is 4.43. The molecule has 0 aliphatic rings. The van der Waals surface area contributed by atoms with Crippen molar-refractivity contribution in [2.24, 2.45) is 5.92 Å². The highest BCUT2D eigenvalue weighted by Crippen LogP contribution is 2.23. The molecule has 24 heavy (non-hydrogen) atoms. The van der Waals surface area contributed by atoms with E-state index >= 15 is 0 Å². The highest BCUT2D eigenvalue weighted by atomic mass is 32.2. The van der Waals surface area contributed by atoms with Crippen molar-refractivity contribution in [3.05, 3.63) is 41.2 Å². The van der Waals surface area contributed by atoms with Gasteiger partial charge in [0, 0.05) is 24.0 Å². The van der Waals surface area contributed by atoms with Crippen LogP contribution < -0.4 is 5.32 Å². The van der Waals surface area contributed by atoms with E-state index in [9.17, 15) is 13.6 Å². The molecule has 0 fully saturated rings. The normalized spacial score (nSPS) is 11.1. The number of nitrogens with zero attached hydrogens (tertiary/aromatic N) is 2. The second-order valence-corrected chi connectivity index (χ2v) is 7.01. The lowest BCUT2D eigenvalue weighted by Gasteiger charge is -2.12. The maximum absolute atomic E-state index is 13.1. The number of anilines is 1. The van der Waals surface area contributed by atoms with E-state index < -0.39 is 11.6 Å². The van der Waals surface area contributed by atoms with Crippen molar-refractivity contribution in [2.75, 3.05) is 11.1 Å². The molecule has 130 valence electrons. The monoisotopic (exact) mass is 353 g/mol. The number of hydrogen-bond acceptors (Lipinski definition) is 3. The average molecular weight is 353 g/mol. The number of imidazole rings is 1. The summed E-state index contributed by atoms with van der Waals surface area (Å²) in [5.41, 5.74) is 2.13. The number of rotatable bonds is 6. The summed E-state index contributed by atoms with van der Waals surface area (Å²) in [5, 5.41) is 3.28. The molecule has 0 saturated heterocycles. The van der Waals surface area contributed by atoms with Crippen molar-refractivity contribution < 1.29 is 13.6 Å². The highest BCUT2D eigenvalue weighted by Gasteiger charge is 2.14. The summed E-state index contributed by atoms with van der Waals surface area (Å²) in [5.74, 6) is -1.21. The molecule has 0 atom stereocenters. The Hall–Kier alpha value is -1.89. The van der Waals surface area contributed by atoms with Crippen LogP contribution in [0.3, 0.4) is 0 Å². The number of amides is 1. The largest absolute Gasteiger partial charge is 0.325 e. The van der Waals surface area contributed by atoms with Gasteiger partial charge in [-0.3, -0.25) is 4.79 Å². The quantitative estimate of drug-likeness (QED) is 0.793. The van der Waals surface area contributed by atoms with E-state index in [2.05, 4.69) is 28.7 Å². The van der Waals surface area contributed by atoms with Gasteiger partial charge in [-0.25, -0.2) is 13.8 Å². The number of thioether (sulfide) groups is 1. The van der Waals surface area contributed by atoms with E-state index in [-0.39, 0.29) is 17.3 Å². The van der Waals surface area contributed by atoms with Gasteiger partial charge in [0.2, 0.25) is 5.91 Å². The zero-order valence-electron chi connectivity index (χ0n) is 14.2. The first-order valence-electron chi connectivity index (χ1n) is 7.68. The van der Waals surface area contributed by atoms with E-state index in [0.717, 1.165) is 41.3 Å². The van der Waals surface area contributed by atoms with Gasteiger partial charge in [-0.05, 0) is 31.9 Å². The molecule has 4 nitrogen and oxygen atoms in total. The van der Waals surface area contributed by atoms with E-state index in [4.69, 9.17) is 0 Å². The van der Waals surface area contributed by atoms with E-state index in [1.807, 2.05) is 13.8 Å². The molecule has 1 aromatic heterocycles. The van der Waals surface area contributed by atoms with Crippen LogP contribution in [0, 0.1) is 31.4 Å². The third-order valence-electron chi connectivity index (χ3n) is 3.45. The van der Waals surface area contributed by atoms with Crippen LogP contribution in [0.15, 0.2) is 23.4 Å². The molecule has 0 unspecified atom stereocenters. The Labute approximate surface area is 144 Å². The summed E-state index contributed by atoms with van der Waals surface area (Å²) in [7, 11) is 0. The molecule has 0 bridgehead atoms. The van der Waals surface area contributed by atoms with Crippen LogP contribution >= 0.6 is 11.8 Å². The molecule has 7 heteroatoms. The van der Waals surface area contributed by atoms with Gasteiger partial charge < -0.3 is 9.88 Å². The van der Waals surface area contributed by atoms with Crippen molar-refractivity contribution in [1.82, 2.24) is 9.55 Å². The van der Waals surface area contributed by atoms with E-state index in [1.54, 1.807) is 0 Å². The van der Waals surface area contributed by atoms with Crippen LogP contribution in [0.4, 0.5) is 14.5 Å². The summed E-state index contributed by atoms with van der Waals surface area (Å²) in [6.07, 6.45) is 0. The second kappa shape index (κ2) is 7.79. The van der Waals surface area contributed by atoms with E-state index in [0.29, 0.717) is 5.92 Å². The minimum Gasteiger partial charge on any atom is -0.325 e. The van der Waals surface area contributed by atoms with Crippen LogP contribution in [-0.4, -0.2) is 21.2 Å². The van der Waals surface area contributed by atoms with Crippen LogP contribution in [0.25, 0.3) is 0 Å². The molecule has 1 heterocycles. The summed E-state index contributed by atoms with van der Waals surface area (Å²) in [6.45, 7) is 9.00. The van der Waals surface area contributed by atoms with Crippen molar-refractivity contribution in [3.8, 4) is 0 Å². The second-order valence-electron chi connectivity index (χ2n) is 6.06.